The highest BCUT2D eigenvalue weighted by molar-refractivity contribution is 5.68. The Balaban J connectivity index is 0.000000150. The van der Waals surface area contributed by atoms with Crippen LogP contribution in [0.4, 0.5) is 16.0 Å². The van der Waals surface area contributed by atoms with Crippen molar-refractivity contribution in [2.45, 2.75) is 102 Å². The highest BCUT2D eigenvalue weighted by Gasteiger charge is 2.40. The van der Waals surface area contributed by atoms with Gasteiger partial charge in [-0.25, -0.2) is 24.9 Å². The van der Waals surface area contributed by atoms with E-state index in [1.54, 1.807) is 31.1 Å². The molecule has 0 bridgehead atoms. The molecule has 17 nitrogen and oxygen atoms in total. The normalized spacial score (nSPS) is 18.4. The van der Waals surface area contributed by atoms with Crippen molar-refractivity contribution in [1.29, 1.82) is 0 Å². The second kappa shape index (κ2) is 16.3. The number of anilines is 2. The molecule has 0 radical (unpaired) electrons. The minimum atomic E-state index is -0.533. The van der Waals surface area contributed by atoms with Crippen LogP contribution in [-0.4, -0.2) is 83.1 Å². The number of aromatic amines is 1. The van der Waals surface area contributed by atoms with Crippen LogP contribution in [0.1, 0.15) is 102 Å². The second-order valence-electron chi connectivity index (χ2n) is 14.4. The van der Waals surface area contributed by atoms with Crippen LogP contribution in [0.3, 0.4) is 0 Å². The second-order valence-corrected chi connectivity index (χ2v) is 14.4. The van der Waals surface area contributed by atoms with Crippen molar-refractivity contribution >= 4 is 18.1 Å². The third-order valence-electron chi connectivity index (χ3n) is 11.2. The molecule has 0 saturated heterocycles. The molecular formula is C39H43FN14O3. The van der Waals surface area contributed by atoms with Gasteiger partial charge in [0.1, 0.15) is 24.0 Å². The van der Waals surface area contributed by atoms with Crippen molar-refractivity contribution in [3.05, 3.63) is 89.7 Å². The Morgan fingerprint density at radius 1 is 0.772 bits per heavy atom. The van der Waals surface area contributed by atoms with Crippen LogP contribution < -0.4 is 15.4 Å². The van der Waals surface area contributed by atoms with Crippen molar-refractivity contribution < 1.29 is 14.3 Å². The Morgan fingerprint density at radius 2 is 1.26 bits per heavy atom. The number of nitrogens with one attached hydrogen (secondary N) is 1. The molecule has 8 heterocycles. The summed E-state index contributed by atoms with van der Waals surface area (Å²) < 4.78 is 17.6. The summed E-state index contributed by atoms with van der Waals surface area (Å²) in [6, 6.07) is 7.60. The zero-order chi connectivity index (χ0) is 39.5. The van der Waals surface area contributed by atoms with Gasteiger partial charge in [0.2, 0.25) is 11.5 Å². The van der Waals surface area contributed by atoms with Crippen LogP contribution in [-0.2, 0) is 4.79 Å². The van der Waals surface area contributed by atoms with Gasteiger partial charge in [-0.2, -0.15) is 4.39 Å². The lowest BCUT2D eigenvalue weighted by Gasteiger charge is -2.40. The molecule has 294 valence electrons. The van der Waals surface area contributed by atoms with Crippen molar-refractivity contribution in [3.63, 3.8) is 0 Å². The van der Waals surface area contributed by atoms with Crippen LogP contribution in [0.25, 0.3) is 34.2 Å². The van der Waals surface area contributed by atoms with Gasteiger partial charge < -0.3 is 19.9 Å². The summed E-state index contributed by atoms with van der Waals surface area (Å²) in [6.07, 6.45) is 21.5. The summed E-state index contributed by atoms with van der Waals surface area (Å²) in [5.74, 6) is 4.20. The van der Waals surface area contributed by atoms with Crippen LogP contribution >= 0.6 is 0 Å². The van der Waals surface area contributed by atoms with Crippen LogP contribution in [0, 0.1) is 5.95 Å². The number of pyridine rings is 2. The molecule has 2 aliphatic heterocycles. The van der Waals surface area contributed by atoms with Gasteiger partial charge in [0.25, 0.3) is 6.47 Å². The number of nitrogens with zero attached hydrogens (tertiary/aromatic N) is 13. The molecule has 18 heteroatoms. The molecule has 0 amide bonds. The zero-order valence-corrected chi connectivity index (χ0v) is 31.7. The molecule has 10 rings (SSSR count). The average molecular weight is 775 g/mol. The molecule has 57 heavy (non-hydrogen) atoms. The lowest BCUT2D eigenvalue weighted by Crippen LogP contribution is -2.42. The average Bonchev–Trinajstić information content (AvgIpc) is 4.08. The van der Waals surface area contributed by atoms with E-state index in [0.717, 1.165) is 78.7 Å². The summed E-state index contributed by atoms with van der Waals surface area (Å²) >= 11 is 0. The summed E-state index contributed by atoms with van der Waals surface area (Å²) in [5.41, 5.74) is 2.97. The standard InChI is InChI=1S/C19H20FN7.C19H21N7O.CH2O2/c1-2-14-19-25-23-11-26(19)15-10-22-17(12-7-8-21-16(20)9-12)24-18(15)27(14)13-5-3-4-6-13;1-2-14-19-24-22-11-25(19)15-10-21-17(12-7-8-20-16(27)9-12)23-18(15)26(14)13-5-3-4-6-13;2-1-3/h7-11,13-14H,2-6H2,1H3;7-11,13-14H,2-6H2,1H3,(H,20,27);1H,(H,2,3)/t2*14-;/m11./s1. The number of fused-ring (bicyclic) bond motifs is 6. The zero-order valence-electron chi connectivity index (χ0n) is 31.7. The van der Waals surface area contributed by atoms with E-state index in [1.165, 1.54) is 44.0 Å². The van der Waals surface area contributed by atoms with E-state index in [2.05, 4.69) is 64.0 Å². The van der Waals surface area contributed by atoms with Gasteiger partial charge in [-0.05, 0) is 50.7 Å². The van der Waals surface area contributed by atoms with E-state index >= 15 is 0 Å². The van der Waals surface area contributed by atoms with Crippen molar-refractivity contribution in [2.24, 2.45) is 0 Å². The highest BCUT2D eigenvalue weighted by atomic mass is 19.1. The van der Waals surface area contributed by atoms with E-state index < -0.39 is 5.95 Å². The number of carbonyl (C=O) groups is 1. The third kappa shape index (κ3) is 7.10. The van der Waals surface area contributed by atoms with Gasteiger partial charge in [-0.3, -0.25) is 18.7 Å². The van der Waals surface area contributed by atoms with Gasteiger partial charge in [-0.1, -0.05) is 39.5 Å². The fraction of sp³-hybridized carbons (Fsp3) is 0.410. The Labute approximate surface area is 327 Å². The van der Waals surface area contributed by atoms with E-state index in [4.69, 9.17) is 19.9 Å². The minimum Gasteiger partial charge on any atom is -0.483 e. The topological polar surface area (TPSA) is 203 Å². The first-order valence-corrected chi connectivity index (χ1v) is 19.4. The van der Waals surface area contributed by atoms with Crippen molar-refractivity contribution in [1.82, 2.24) is 59.4 Å². The van der Waals surface area contributed by atoms with Crippen molar-refractivity contribution in [3.8, 4) is 34.2 Å². The molecule has 2 atom stereocenters. The molecule has 2 N–H and O–H groups in total. The quantitative estimate of drug-likeness (QED) is 0.152. The Kier molecular flexibility index (Phi) is 10.7. The monoisotopic (exact) mass is 774 g/mol. The van der Waals surface area contributed by atoms with Gasteiger partial charge in [-0.15, -0.1) is 20.4 Å². The first-order chi connectivity index (χ1) is 27.9. The lowest BCUT2D eigenvalue weighted by atomic mass is 10.0. The maximum Gasteiger partial charge on any atom is 0.290 e. The molecule has 2 saturated carbocycles. The first kappa shape index (κ1) is 37.5. The number of hydrogen-bond donors (Lipinski definition) is 2. The van der Waals surface area contributed by atoms with Crippen LogP contribution in [0.2, 0.25) is 0 Å². The number of rotatable bonds is 6. The fourth-order valence-corrected chi connectivity index (χ4v) is 8.69. The number of hydrogen-bond acceptors (Lipinski definition) is 13. The van der Waals surface area contributed by atoms with Gasteiger partial charge in [0.05, 0.1) is 24.5 Å². The van der Waals surface area contributed by atoms with E-state index in [1.807, 2.05) is 21.4 Å². The Morgan fingerprint density at radius 3 is 1.72 bits per heavy atom. The van der Waals surface area contributed by atoms with E-state index in [-0.39, 0.29) is 24.1 Å². The molecule has 4 aliphatic rings. The van der Waals surface area contributed by atoms with Crippen LogP contribution in [0.5, 0.6) is 0 Å². The number of aromatic nitrogens is 12. The van der Waals surface area contributed by atoms with Crippen molar-refractivity contribution in [2.75, 3.05) is 9.80 Å². The predicted octanol–water partition coefficient (Wildman–Crippen LogP) is 5.80. The number of H-pyrrole nitrogens is 1. The maximum absolute atomic E-state index is 13.6. The Hall–Kier alpha value is -6.46. The van der Waals surface area contributed by atoms with Gasteiger partial charge in [0.15, 0.2) is 34.9 Å². The lowest BCUT2D eigenvalue weighted by molar-refractivity contribution is -0.122. The molecule has 0 unspecified atom stereocenters. The SMILES string of the molecule is CC[C@@H]1c2nncn2-c2cnc(-c3cc[nH]c(=O)c3)nc2N1C1CCCC1.CC[C@@H]1c2nncn2-c2cnc(-c3ccnc(F)c3)nc2N1C1CCCC1.O=CO. The molecule has 2 aliphatic carbocycles. The maximum atomic E-state index is 13.6. The van der Waals surface area contributed by atoms with Crippen LogP contribution in [0.15, 0.2) is 66.5 Å². The molecule has 6 aromatic heterocycles. The number of halogens is 1. The van der Waals surface area contributed by atoms with Gasteiger partial charge in [0, 0.05) is 47.7 Å². The minimum absolute atomic E-state index is 0.125. The molecule has 0 spiro atoms. The molecular weight excluding hydrogens is 732 g/mol. The first-order valence-electron chi connectivity index (χ1n) is 19.4. The summed E-state index contributed by atoms with van der Waals surface area (Å²) in [7, 11) is 0. The summed E-state index contributed by atoms with van der Waals surface area (Å²) in [4.78, 5) is 50.0. The van der Waals surface area contributed by atoms with E-state index in [9.17, 15) is 9.18 Å². The summed E-state index contributed by atoms with van der Waals surface area (Å²) in [6.45, 7) is 4.09. The smallest absolute Gasteiger partial charge is 0.290 e. The van der Waals surface area contributed by atoms with Gasteiger partial charge >= 0.3 is 0 Å². The molecule has 6 aromatic rings. The Bertz CT molecular complexity index is 2400. The summed E-state index contributed by atoms with van der Waals surface area (Å²) in [5, 5.41) is 23.9. The highest BCUT2D eigenvalue weighted by Crippen LogP contribution is 2.44. The predicted molar refractivity (Wildman–Crippen MR) is 207 cm³/mol. The fourth-order valence-electron chi connectivity index (χ4n) is 8.69. The largest absolute Gasteiger partial charge is 0.483 e. The third-order valence-corrected chi connectivity index (χ3v) is 11.2. The van der Waals surface area contributed by atoms with E-state index in [0.29, 0.717) is 29.3 Å². The molecule has 0 aromatic carbocycles. The molecule has 2 fully saturated rings. The number of carboxylic acid groups (broad SMARTS) is 1.